The highest BCUT2D eigenvalue weighted by molar-refractivity contribution is 5.84. The Morgan fingerprint density at radius 3 is 1.67 bits per heavy atom. The van der Waals surface area contributed by atoms with Crippen molar-refractivity contribution in [1.82, 2.24) is 16.0 Å². The van der Waals surface area contributed by atoms with Gasteiger partial charge in [-0.3, -0.25) is 14.4 Å². The first-order chi connectivity index (χ1) is 20.9. The molecule has 0 aromatic rings. The molecule has 0 heterocycles. The maximum absolute atomic E-state index is 12.2. The zero-order valence-corrected chi connectivity index (χ0v) is 26.5. The Balaban J connectivity index is 3.71. The number of carboxylic acid groups (broad SMARTS) is 1. The van der Waals surface area contributed by atoms with Crippen molar-refractivity contribution < 1.29 is 43.6 Å². The van der Waals surface area contributed by atoms with Crippen LogP contribution in [0.1, 0.15) is 110 Å². The number of carbonyl (C=O) groups excluding carboxylic acids is 3. The third kappa shape index (κ3) is 29.6. The number of amides is 3. The molecule has 252 valence electrons. The number of hydrogen-bond donors (Lipinski definition) is 5. The highest BCUT2D eigenvalue weighted by Crippen LogP contribution is 2.13. The van der Waals surface area contributed by atoms with Crippen LogP contribution in [-0.2, 0) is 33.4 Å². The Kier molecular flexibility index (Phi) is 29.5. The van der Waals surface area contributed by atoms with E-state index in [9.17, 15) is 24.3 Å². The molecule has 1 unspecified atom stereocenters. The van der Waals surface area contributed by atoms with Crippen LogP contribution in [0, 0.1) is 0 Å². The van der Waals surface area contributed by atoms with E-state index in [-0.39, 0.29) is 76.7 Å². The van der Waals surface area contributed by atoms with Crippen LogP contribution >= 0.6 is 0 Å². The maximum Gasteiger partial charge on any atom is 0.326 e. The van der Waals surface area contributed by atoms with Gasteiger partial charge in [0.25, 0.3) is 0 Å². The van der Waals surface area contributed by atoms with E-state index >= 15 is 0 Å². The molecule has 0 aromatic heterocycles. The largest absolute Gasteiger partial charge is 0.480 e. The molecule has 0 aromatic carbocycles. The van der Waals surface area contributed by atoms with Crippen molar-refractivity contribution in [2.24, 2.45) is 0 Å². The lowest BCUT2D eigenvalue weighted by Crippen LogP contribution is -2.41. The summed E-state index contributed by atoms with van der Waals surface area (Å²) >= 11 is 0. The third-order valence-electron chi connectivity index (χ3n) is 6.78. The molecule has 0 fully saturated rings. The van der Waals surface area contributed by atoms with Gasteiger partial charge in [-0.2, -0.15) is 0 Å². The average molecular weight is 618 g/mol. The molecule has 0 saturated carbocycles. The summed E-state index contributed by atoms with van der Waals surface area (Å²) < 4.78 is 15.6. The van der Waals surface area contributed by atoms with E-state index in [2.05, 4.69) is 22.9 Å². The van der Waals surface area contributed by atoms with Gasteiger partial charge in [-0.25, -0.2) is 4.79 Å². The molecule has 1 atom stereocenters. The van der Waals surface area contributed by atoms with Crippen LogP contribution in [0.2, 0.25) is 0 Å². The van der Waals surface area contributed by atoms with Crippen LogP contribution in [-0.4, -0.2) is 99.3 Å². The highest BCUT2D eigenvalue weighted by atomic mass is 16.5. The fourth-order valence-corrected chi connectivity index (χ4v) is 4.32. The van der Waals surface area contributed by atoms with E-state index in [1.165, 1.54) is 64.2 Å². The topological polar surface area (TPSA) is 173 Å². The molecular weight excluding hydrogens is 558 g/mol. The molecule has 3 amide bonds. The van der Waals surface area contributed by atoms with Crippen LogP contribution in [0.15, 0.2) is 0 Å². The molecule has 0 radical (unpaired) electrons. The Bertz CT molecular complexity index is 710. The smallest absolute Gasteiger partial charge is 0.326 e. The highest BCUT2D eigenvalue weighted by Gasteiger charge is 2.20. The number of aliphatic carboxylic acids is 1. The second kappa shape index (κ2) is 31.2. The van der Waals surface area contributed by atoms with Crippen LogP contribution in [0.3, 0.4) is 0 Å². The van der Waals surface area contributed by atoms with Crippen molar-refractivity contribution in [2.45, 2.75) is 116 Å². The third-order valence-corrected chi connectivity index (χ3v) is 6.78. The van der Waals surface area contributed by atoms with E-state index in [1.807, 2.05) is 0 Å². The molecule has 0 aliphatic carbocycles. The predicted molar refractivity (Wildman–Crippen MR) is 165 cm³/mol. The van der Waals surface area contributed by atoms with Crippen molar-refractivity contribution in [3.8, 4) is 0 Å². The van der Waals surface area contributed by atoms with Crippen molar-refractivity contribution in [2.75, 3.05) is 59.3 Å². The van der Waals surface area contributed by atoms with E-state index in [0.29, 0.717) is 19.6 Å². The number of rotatable bonds is 32. The number of nitrogens with one attached hydrogen (secondary N) is 3. The van der Waals surface area contributed by atoms with Gasteiger partial charge in [0.05, 0.1) is 39.6 Å². The lowest BCUT2D eigenvalue weighted by atomic mass is 10.0. The number of unbranched alkanes of at least 4 members (excludes halogenated alkanes) is 12. The van der Waals surface area contributed by atoms with E-state index in [4.69, 9.17) is 19.3 Å². The minimum absolute atomic E-state index is 0.00975. The summed E-state index contributed by atoms with van der Waals surface area (Å²) in [7, 11) is 0. The van der Waals surface area contributed by atoms with Crippen molar-refractivity contribution >= 4 is 23.7 Å². The van der Waals surface area contributed by atoms with Crippen LogP contribution < -0.4 is 16.0 Å². The monoisotopic (exact) mass is 617 g/mol. The number of aliphatic hydroxyl groups is 1. The van der Waals surface area contributed by atoms with Gasteiger partial charge in [0.15, 0.2) is 0 Å². The Morgan fingerprint density at radius 1 is 0.605 bits per heavy atom. The zero-order valence-electron chi connectivity index (χ0n) is 26.5. The molecule has 0 aliphatic heterocycles. The van der Waals surface area contributed by atoms with Crippen LogP contribution in [0.25, 0.3) is 0 Å². The summed E-state index contributed by atoms with van der Waals surface area (Å²) in [4.78, 5) is 47.3. The summed E-state index contributed by atoms with van der Waals surface area (Å²) in [5.41, 5.74) is 0. The van der Waals surface area contributed by atoms with Crippen molar-refractivity contribution in [3.63, 3.8) is 0 Å². The summed E-state index contributed by atoms with van der Waals surface area (Å²) in [5.74, 6) is -2.05. The van der Waals surface area contributed by atoms with Gasteiger partial charge in [-0.15, -0.1) is 0 Å². The van der Waals surface area contributed by atoms with E-state index in [1.54, 1.807) is 0 Å². The quantitative estimate of drug-likeness (QED) is 0.0711. The van der Waals surface area contributed by atoms with E-state index in [0.717, 1.165) is 19.3 Å². The van der Waals surface area contributed by atoms with Crippen LogP contribution in [0.4, 0.5) is 0 Å². The molecule has 43 heavy (non-hydrogen) atoms. The van der Waals surface area contributed by atoms with Gasteiger partial charge < -0.3 is 40.4 Å². The van der Waals surface area contributed by atoms with Crippen molar-refractivity contribution in [3.05, 3.63) is 0 Å². The summed E-state index contributed by atoms with van der Waals surface area (Å²) in [6, 6.07) is -1.10. The number of carboxylic acids is 1. The number of ether oxygens (including phenoxy) is 3. The normalized spacial score (nSPS) is 11.7. The molecule has 0 bridgehead atoms. The summed E-state index contributed by atoms with van der Waals surface area (Å²) in [6.07, 6.45) is 16.1. The molecule has 0 spiro atoms. The summed E-state index contributed by atoms with van der Waals surface area (Å²) in [5, 5.41) is 25.8. The SMILES string of the molecule is CCCCCCCCCCCCCCCC(=O)NC(CCC(=O)NCCOCCOCC(=O)NCCOCCO)C(=O)O. The number of aliphatic hydroxyl groups excluding tert-OH is 1. The molecule has 5 N–H and O–H groups in total. The number of hydrogen-bond acceptors (Lipinski definition) is 8. The first-order valence-corrected chi connectivity index (χ1v) is 16.3. The molecule has 0 rings (SSSR count). The lowest BCUT2D eigenvalue weighted by Gasteiger charge is -2.14. The number of carbonyl (C=O) groups is 4. The van der Waals surface area contributed by atoms with E-state index < -0.39 is 12.0 Å². The zero-order chi connectivity index (χ0) is 31.8. The summed E-state index contributed by atoms with van der Waals surface area (Å²) in [6.45, 7) is 3.87. The molecule has 0 aliphatic rings. The Hall–Kier alpha value is -2.28. The van der Waals surface area contributed by atoms with Gasteiger partial charge in [0, 0.05) is 25.9 Å². The van der Waals surface area contributed by atoms with Gasteiger partial charge in [0.1, 0.15) is 12.6 Å². The Morgan fingerprint density at radius 2 is 1.12 bits per heavy atom. The van der Waals surface area contributed by atoms with Crippen molar-refractivity contribution in [1.29, 1.82) is 0 Å². The fourth-order valence-electron chi connectivity index (χ4n) is 4.32. The van der Waals surface area contributed by atoms with Gasteiger partial charge in [-0.05, 0) is 12.8 Å². The van der Waals surface area contributed by atoms with Gasteiger partial charge in [0.2, 0.25) is 17.7 Å². The molecule has 12 heteroatoms. The molecule has 12 nitrogen and oxygen atoms in total. The minimum Gasteiger partial charge on any atom is -0.480 e. The molecular formula is C31H59N3O9. The second-order valence-electron chi connectivity index (χ2n) is 10.7. The second-order valence-corrected chi connectivity index (χ2v) is 10.7. The van der Waals surface area contributed by atoms with Gasteiger partial charge >= 0.3 is 5.97 Å². The maximum atomic E-state index is 12.2. The fraction of sp³-hybridized carbons (Fsp3) is 0.871. The van der Waals surface area contributed by atoms with Crippen LogP contribution in [0.5, 0.6) is 0 Å². The lowest BCUT2D eigenvalue weighted by molar-refractivity contribution is -0.142. The predicted octanol–water partition coefficient (Wildman–Crippen LogP) is 3.09. The average Bonchev–Trinajstić information content (AvgIpc) is 2.98. The first-order valence-electron chi connectivity index (χ1n) is 16.3. The molecule has 0 saturated heterocycles. The Labute approximate surface area is 258 Å². The first kappa shape index (κ1) is 40.7. The standard InChI is InChI=1S/C31H59N3O9/c1-2-3-4-5-6-7-8-9-10-11-12-13-14-15-29(37)34-27(31(39)40)16-17-28(36)32-18-22-42-24-25-43-26-30(38)33-19-21-41-23-20-35/h27,35H,2-26H2,1H3,(H,32,36)(H,33,38)(H,34,37)(H,39,40). The van der Waals surface area contributed by atoms with Gasteiger partial charge in [-0.1, -0.05) is 84.0 Å². The minimum atomic E-state index is -1.15.